The van der Waals surface area contributed by atoms with E-state index in [1.807, 2.05) is 0 Å². The predicted molar refractivity (Wildman–Crippen MR) is 161 cm³/mol. The number of halogens is 3. The fraction of sp³-hybridized carbons (Fsp3) is 0.355. The zero-order chi connectivity index (χ0) is 32.4. The van der Waals surface area contributed by atoms with E-state index in [1.54, 1.807) is 67.6 Å². The molecule has 0 radical (unpaired) electrons. The lowest BCUT2D eigenvalue weighted by molar-refractivity contribution is -0.274. The number of para-hydroxylation sites is 2. The monoisotopic (exact) mass is 646 g/mol. The summed E-state index contributed by atoms with van der Waals surface area (Å²) in [4.78, 5) is 55.3. The summed E-state index contributed by atoms with van der Waals surface area (Å²) in [6.07, 6.45) is -3.41. The Morgan fingerprint density at radius 2 is 1.49 bits per heavy atom. The molecule has 3 aromatic rings. The third-order valence-corrected chi connectivity index (χ3v) is 9.38. The summed E-state index contributed by atoms with van der Waals surface area (Å²) in [6.45, 7) is 1.94. The minimum atomic E-state index is -4.98. The minimum Gasteiger partial charge on any atom is -0.406 e. The Kier molecular flexibility index (Phi) is 9.43. The van der Waals surface area contributed by atoms with Gasteiger partial charge in [0.05, 0.1) is 23.5 Å². The van der Waals surface area contributed by atoms with Crippen LogP contribution in [0.3, 0.4) is 0 Å². The topological polar surface area (TPSA) is 114 Å². The number of piperazine rings is 1. The lowest BCUT2D eigenvalue weighted by Crippen LogP contribution is -2.70. The van der Waals surface area contributed by atoms with E-state index in [-0.39, 0.29) is 31.8 Å². The predicted octanol–water partition coefficient (Wildman–Crippen LogP) is 6.53. The van der Waals surface area contributed by atoms with Crippen molar-refractivity contribution in [2.75, 3.05) is 18.0 Å². The van der Waals surface area contributed by atoms with Crippen LogP contribution in [0.15, 0.2) is 84.9 Å². The molecule has 2 aliphatic heterocycles. The number of hydrogen-bond acceptors (Lipinski definition) is 4. The van der Waals surface area contributed by atoms with Crippen molar-refractivity contribution in [2.45, 2.75) is 57.0 Å². The van der Waals surface area contributed by atoms with Crippen molar-refractivity contribution in [3.8, 4) is 5.75 Å². The van der Waals surface area contributed by atoms with E-state index in [2.05, 4.69) is 4.74 Å². The van der Waals surface area contributed by atoms with Gasteiger partial charge in [-0.1, -0.05) is 48.5 Å². The van der Waals surface area contributed by atoms with Crippen LogP contribution in [0.1, 0.15) is 31.7 Å². The van der Waals surface area contributed by atoms with Gasteiger partial charge in [-0.3, -0.25) is 9.46 Å². The summed E-state index contributed by atoms with van der Waals surface area (Å²) in [6, 6.07) is 20.2. The van der Waals surface area contributed by atoms with Gasteiger partial charge >= 0.3 is 26.0 Å². The van der Waals surface area contributed by atoms with Crippen molar-refractivity contribution in [2.24, 2.45) is 0 Å². The Balaban J connectivity index is 1.43. The number of fused-ring (bicyclic) bond motifs is 2. The Hall–Kier alpha value is -4.06. The summed E-state index contributed by atoms with van der Waals surface area (Å²) < 4.78 is 54.8. The number of carbonyl (C=O) groups excluding carboxylic acids is 2. The summed E-state index contributed by atoms with van der Waals surface area (Å²) >= 11 is 0. The van der Waals surface area contributed by atoms with Crippen molar-refractivity contribution in [3.63, 3.8) is 0 Å². The number of likely N-dealkylation sites (tertiary alicyclic amines) is 1. The third-order valence-electron chi connectivity index (χ3n) is 8.07. The van der Waals surface area contributed by atoms with Gasteiger partial charge < -0.3 is 29.2 Å². The maximum atomic E-state index is 14.3. The second kappa shape index (κ2) is 13.1. The van der Waals surface area contributed by atoms with Crippen molar-refractivity contribution >= 4 is 31.0 Å². The highest BCUT2D eigenvalue weighted by atomic mass is 31.2. The van der Waals surface area contributed by atoms with Gasteiger partial charge in [0.1, 0.15) is 5.75 Å². The van der Waals surface area contributed by atoms with Crippen molar-refractivity contribution < 1.29 is 41.8 Å². The maximum absolute atomic E-state index is 14.3. The summed E-state index contributed by atoms with van der Waals surface area (Å²) in [5.74, 6) is -1.97. The van der Waals surface area contributed by atoms with Crippen LogP contribution in [-0.2, 0) is 11.1 Å². The molecule has 14 heteroatoms. The molecule has 10 nitrogen and oxygen atoms in total. The van der Waals surface area contributed by atoms with Gasteiger partial charge in [0.2, 0.25) is 0 Å². The Labute approximate surface area is 258 Å². The molecule has 0 spiro atoms. The number of amides is 4. The number of ether oxygens (including phenoxy) is 1. The fourth-order valence-electron chi connectivity index (χ4n) is 6.17. The lowest BCUT2D eigenvalue weighted by atomic mass is 9.91. The molecule has 0 unspecified atom stereocenters. The summed E-state index contributed by atoms with van der Waals surface area (Å²) in [5.41, 5.74) is 1.59. The third kappa shape index (κ3) is 7.27. The lowest BCUT2D eigenvalue weighted by Gasteiger charge is -2.55. The average Bonchev–Trinajstić information content (AvgIpc) is 2.99. The van der Waals surface area contributed by atoms with Gasteiger partial charge in [0, 0.05) is 19.6 Å². The number of rotatable bonds is 7. The largest absolute Gasteiger partial charge is 0.573 e. The van der Waals surface area contributed by atoms with Gasteiger partial charge in [-0.05, 0) is 68.1 Å². The van der Waals surface area contributed by atoms with E-state index in [0.29, 0.717) is 29.8 Å². The molecule has 0 saturated carbocycles. The number of alkyl halides is 3. The highest BCUT2D eigenvalue weighted by molar-refractivity contribution is 7.52. The van der Waals surface area contributed by atoms with E-state index < -0.39 is 43.9 Å². The van der Waals surface area contributed by atoms with Gasteiger partial charge in [0.15, 0.2) is 5.78 Å². The van der Waals surface area contributed by atoms with Crippen LogP contribution in [-0.4, -0.2) is 73.9 Å². The minimum absolute atomic E-state index is 0.0522. The van der Waals surface area contributed by atoms with Crippen LogP contribution in [0.2, 0.25) is 0 Å². The number of piperidine rings is 1. The quantitative estimate of drug-likeness (QED) is 0.283. The molecule has 240 valence electrons. The zero-order valence-electron chi connectivity index (χ0n) is 24.5. The smallest absolute Gasteiger partial charge is 0.406 e. The molecule has 2 fully saturated rings. The van der Waals surface area contributed by atoms with E-state index >= 15 is 0 Å². The van der Waals surface area contributed by atoms with Crippen LogP contribution < -0.4 is 9.64 Å². The molecule has 4 amide bonds. The Bertz CT molecular complexity index is 1480. The Morgan fingerprint density at radius 1 is 0.911 bits per heavy atom. The summed E-state index contributed by atoms with van der Waals surface area (Å²) in [5, 5.41) is 0. The van der Waals surface area contributed by atoms with Crippen LogP contribution in [0.5, 0.6) is 5.75 Å². The van der Waals surface area contributed by atoms with E-state index in [9.17, 15) is 37.1 Å². The Morgan fingerprint density at radius 3 is 2.00 bits per heavy atom. The first-order valence-corrected chi connectivity index (χ1v) is 16.2. The number of carbonyl (C=O) groups is 2. The van der Waals surface area contributed by atoms with Crippen molar-refractivity contribution in [3.05, 3.63) is 90.5 Å². The maximum Gasteiger partial charge on any atom is 0.573 e. The molecule has 0 aliphatic carbocycles. The van der Waals surface area contributed by atoms with Crippen LogP contribution in [0, 0.1) is 0 Å². The molecule has 2 saturated heterocycles. The van der Waals surface area contributed by atoms with Crippen molar-refractivity contribution in [1.82, 2.24) is 14.7 Å². The number of benzene rings is 3. The SMILES string of the molecule is CCN(Cc1ccc(OC(F)(F)F)cc1)C(=O)N1[C@H]2CCC[C@@H]1[C@@H](P(=O)(O)O)N(C(=O)N(c1ccccc1)c1ccccc1)C2. The number of urea groups is 2. The standard InChI is InChI=1S/C31H34F3N4O6P/c1-2-35(20-22-16-18-26(19-17-22)44-31(32,33)34)29(39)38-25-14-9-15-27(38)28(45(41,42)43)36(21-25)30(40)37(23-10-5-3-6-11-23)24-12-7-4-8-13-24/h3-8,10-13,16-19,25,27-28H,2,9,14-15,20-21H2,1H3,(H2,41,42,43)/t25-,27+,28+/m0/s1. The van der Waals surface area contributed by atoms with Gasteiger partial charge in [0.25, 0.3) is 0 Å². The van der Waals surface area contributed by atoms with Gasteiger partial charge in [-0.25, -0.2) is 9.59 Å². The molecule has 5 rings (SSSR count). The second-order valence-electron chi connectivity index (χ2n) is 11.0. The molecule has 2 N–H and O–H groups in total. The van der Waals surface area contributed by atoms with Gasteiger partial charge in [-0.15, -0.1) is 13.2 Å². The first-order valence-electron chi connectivity index (χ1n) is 14.6. The van der Waals surface area contributed by atoms with E-state index in [4.69, 9.17) is 0 Å². The zero-order valence-corrected chi connectivity index (χ0v) is 25.3. The van der Waals surface area contributed by atoms with Crippen LogP contribution in [0.25, 0.3) is 0 Å². The number of hydrogen-bond donors (Lipinski definition) is 2. The van der Waals surface area contributed by atoms with Crippen LogP contribution in [0.4, 0.5) is 34.1 Å². The molecule has 2 aliphatic rings. The molecule has 45 heavy (non-hydrogen) atoms. The number of anilines is 2. The molecular formula is C31H34F3N4O6P. The average molecular weight is 647 g/mol. The molecule has 2 heterocycles. The van der Waals surface area contributed by atoms with Crippen LogP contribution >= 0.6 is 7.60 Å². The van der Waals surface area contributed by atoms with Crippen molar-refractivity contribution in [1.29, 1.82) is 0 Å². The van der Waals surface area contributed by atoms with E-state index in [0.717, 1.165) is 12.1 Å². The van der Waals surface area contributed by atoms with Gasteiger partial charge in [-0.2, -0.15) is 0 Å². The summed E-state index contributed by atoms with van der Waals surface area (Å²) in [7, 11) is -4.98. The molecule has 2 bridgehead atoms. The first-order chi connectivity index (χ1) is 21.4. The molecule has 0 aromatic heterocycles. The first kappa shape index (κ1) is 32.3. The molecule has 3 aromatic carbocycles. The molecule has 3 atom stereocenters. The highest BCUT2D eigenvalue weighted by Gasteiger charge is 2.55. The van der Waals surface area contributed by atoms with E-state index in [1.165, 1.54) is 31.7 Å². The number of nitrogens with zero attached hydrogens (tertiary/aromatic N) is 4. The fourth-order valence-corrected chi connectivity index (χ4v) is 7.47. The normalized spacial score (nSPS) is 20.0. The molecular weight excluding hydrogens is 612 g/mol. The highest BCUT2D eigenvalue weighted by Crippen LogP contribution is 2.51. The second-order valence-corrected chi connectivity index (χ2v) is 12.7.